The second-order valence-corrected chi connectivity index (χ2v) is 5.16. The number of carbonyl (C=O) groups excluding carboxylic acids is 1. The quantitative estimate of drug-likeness (QED) is 0.841. The van der Waals surface area contributed by atoms with E-state index in [1.165, 1.54) is 0 Å². The molecule has 1 aliphatic carbocycles. The van der Waals surface area contributed by atoms with Gasteiger partial charge >= 0.3 is 0 Å². The Morgan fingerprint density at radius 1 is 1.41 bits per heavy atom. The number of hydrogen-bond acceptors (Lipinski definition) is 2. The number of rotatable bonds is 3. The van der Waals surface area contributed by atoms with Gasteiger partial charge in [0.1, 0.15) is 0 Å². The van der Waals surface area contributed by atoms with Crippen LogP contribution in [0.2, 0.25) is 0 Å². The van der Waals surface area contributed by atoms with E-state index in [0.717, 1.165) is 36.9 Å². The number of nitrogens with two attached hydrogens (primary N) is 1. The molecule has 1 aromatic carbocycles. The van der Waals surface area contributed by atoms with Crippen molar-refractivity contribution < 1.29 is 4.79 Å². The minimum Gasteiger partial charge on any atom is -0.326 e. The van der Waals surface area contributed by atoms with E-state index in [4.69, 9.17) is 5.73 Å². The molecule has 1 saturated carbocycles. The Labute approximate surface area is 102 Å². The van der Waals surface area contributed by atoms with Gasteiger partial charge in [-0.3, -0.25) is 4.79 Å². The van der Waals surface area contributed by atoms with Crippen LogP contribution in [-0.2, 0) is 4.79 Å². The molecule has 0 heterocycles. The van der Waals surface area contributed by atoms with Crippen molar-refractivity contribution in [3.63, 3.8) is 0 Å². The van der Waals surface area contributed by atoms with E-state index in [9.17, 15) is 4.79 Å². The summed E-state index contributed by atoms with van der Waals surface area (Å²) in [5, 5.41) is 2.92. The van der Waals surface area contributed by atoms with Crippen LogP contribution >= 0.6 is 0 Å². The van der Waals surface area contributed by atoms with Crippen LogP contribution in [-0.4, -0.2) is 11.4 Å². The lowest BCUT2D eigenvalue weighted by molar-refractivity contribution is -0.117. The zero-order chi connectivity index (χ0) is 12.3. The SMILES string of the molecule is Cc1cccc(NC(=O)CC2(N)CCCC2)c1. The van der Waals surface area contributed by atoms with E-state index in [-0.39, 0.29) is 11.4 Å². The van der Waals surface area contributed by atoms with Crippen LogP contribution in [0.15, 0.2) is 24.3 Å². The second kappa shape index (κ2) is 4.88. The minimum absolute atomic E-state index is 0.0278. The summed E-state index contributed by atoms with van der Waals surface area (Å²) in [6.45, 7) is 2.01. The third kappa shape index (κ3) is 3.30. The van der Waals surface area contributed by atoms with Crippen LogP contribution in [0, 0.1) is 6.92 Å². The first-order chi connectivity index (χ1) is 8.07. The summed E-state index contributed by atoms with van der Waals surface area (Å²) in [4.78, 5) is 11.9. The summed E-state index contributed by atoms with van der Waals surface area (Å²) in [7, 11) is 0. The van der Waals surface area contributed by atoms with Crippen molar-refractivity contribution in [3.8, 4) is 0 Å². The van der Waals surface area contributed by atoms with Crippen LogP contribution in [0.25, 0.3) is 0 Å². The van der Waals surface area contributed by atoms with E-state index in [1.807, 2.05) is 31.2 Å². The third-order valence-electron chi connectivity index (χ3n) is 3.41. The van der Waals surface area contributed by atoms with Crippen LogP contribution in [0.5, 0.6) is 0 Å². The Morgan fingerprint density at radius 3 is 2.76 bits per heavy atom. The van der Waals surface area contributed by atoms with E-state index in [0.29, 0.717) is 6.42 Å². The average molecular weight is 232 g/mol. The maximum Gasteiger partial charge on any atom is 0.226 e. The summed E-state index contributed by atoms with van der Waals surface area (Å²) in [5.74, 6) is 0.0278. The Bertz CT molecular complexity index is 408. The Balaban J connectivity index is 1.93. The molecule has 0 aromatic heterocycles. The van der Waals surface area contributed by atoms with Gasteiger partial charge in [0.2, 0.25) is 5.91 Å². The number of aryl methyl sites for hydroxylation is 1. The molecule has 1 aromatic rings. The van der Waals surface area contributed by atoms with Crippen LogP contribution < -0.4 is 11.1 Å². The van der Waals surface area contributed by atoms with Crippen molar-refractivity contribution in [3.05, 3.63) is 29.8 Å². The lowest BCUT2D eigenvalue weighted by Crippen LogP contribution is -2.40. The van der Waals surface area contributed by atoms with Gasteiger partial charge in [0.05, 0.1) is 0 Å². The molecule has 92 valence electrons. The molecule has 3 heteroatoms. The molecule has 0 aliphatic heterocycles. The number of carbonyl (C=O) groups is 1. The van der Waals surface area contributed by atoms with Crippen LogP contribution in [0.3, 0.4) is 0 Å². The molecule has 3 nitrogen and oxygen atoms in total. The largest absolute Gasteiger partial charge is 0.326 e. The van der Waals surface area contributed by atoms with Gasteiger partial charge in [-0.2, -0.15) is 0 Å². The molecule has 0 saturated heterocycles. The molecule has 17 heavy (non-hydrogen) atoms. The fourth-order valence-corrected chi connectivity index (χ4v) is 2.50. The first kappa shape index (κ1) is 12.1. The molecule has 0 bridgehead atoms. The van der Waals surface area contributed by atoms with Crippen molar-refractivity contribution in [2.24, 2.45) is 5.73 Å². The Hall–Kier alpha value is -1.35. The fourth-order valence-electron chi connectivity index (χ4n) is 2.50. The molecule has 0 radical (unpaired) electrons. The highest BCUT2D eigenvalue weighted by atomic mass is 16.1. The molecule has 1 fully saturated rings. The van der Waals surface area contributed by atoms with E-state index < -0.39 is 0 Å². The number of hydrogen-bond donors (Lipinski definition) is 2. The van der Waals surface area contributed by atoms with E-state index in [1.54, 1.807) is 0 Å². The van der Waals surface area contributed by atoms with Gasteiger partial charge < -0.3 is 11.1 Å². The number of nitrogens with one attached hydrogen (secondary N) is 1. The second-order valence-electron chi connectivity index (χ2n) is 5.16. The molecule has 1 amide bonds. The third-order valence-corrected chi connectivity index (χ3v) is 3.41. The van der Waals surface area contributed by atoms with Gasteiger partial charge in [-0.05, 0) is 37.5 Å². The zero-order valence-corrected chi connectivity index (χ0v) is 10.3. The van der Waals surface area contributed by atoms with Gasteiger partial charge in [-0.15, -0.1) is 0 Å². The summed E-state index contributed by atoms with van der Waals surface area (Å²) < 4.78 is 0. The first-order valence-corrected chi connectivity index (χ1v) is 6.23. The van der Waals surface area contributed by atoms with Gasteiger partial charge in [0.15, 0.2) is 0 Å². The number of amides is 1. The number of anilines is 1. The highest BCUT2D eigenvalue weighted by Crippen LogP contribution is 2.30. The predicted molar refractivity (Wildman–Crippen MR) is 69.8 cm³/mol. The molecular formula is C14H20N2O. The van der Waals surface area contributed by atoms with Crippen LogP contribution in [0.4, 0.5) is 5.69 Å². The van der Waals surface area contributed by atoms with Gasteiger partial charge in [-0.1, -0.05) is 25.0 Å². The molecule has 0 spiro atoms. The van der Waals surface area contributed by atoms with Crippen molar-refractivity contribution in [2.75, 3.05) is 5.32 Å². The molecule has 1 aliphatic rings. The van der Waals surface area contributed by atoms with E-state index in [2.05, 4.69) is 5.32 Å². The maximum absolute atomic E-state index is 11.9. The summed E-state index contributed by atoms with van der Waals surface area (Å²) in [6, 6.07) is 7.83. The van der Waals surface area contributed by atoms with Crippen molar-refractivity contribution in [2.45, 2.75) is 44.6 Å². The molecule has 3 N–H and O–H groups in total. The highest BCUT2D eigenvalue weighted by Gasteiger charge is 2.31. The summed E-state index contributed by atoms with van der Waals surface area (Å²) >= 11 is 0. The topological polar surface area (TPSA) is 55.1 Å². The summed E-state index contributed by atoms with van der Waals surface area (Å²) in [6.07, 6.45) is 4.66. The molecule has 0 unspecified atom stereocenters. The smallest absolute Gasteiger partial charge is 0.226 e. The van der Waals surface area contributed by atoms with Gasteiger partial charge in [-0.25, -0.2) is 0 Å². The van der Waals surface area contributed by atoms with Crippen molar-refractivity contribution in [1.29, 1.82) is 0 Å². The molecule has 2 rings (SSSR count). The summed E-state index contributed by atoms with van der Waals surface area (Å²) in [5.41, 5.74) is 7.92. The van der Waals surface area contributed by atoms with Crippen molar-refractivity contribution in [1.82, 2.24) is 0 Å². The highest BCUT2D eigenvalue weighted by molar-refractivity contribution is 5.91. The predicted octanol–water partition coefficient (Wildman–Crippen LogP) is 2.60. The normalized spacial score (nSPS) is 18.0. The van der Waals surface area contributed by atoms with Gasteiger partial charge in [0, 0.05) is 17.6 Å². The molecule has 0 atom stereocenters. The fraction of sp³-hybridized carbons (Fsp3) is 0.500. The van der Waals surface area contributed by atoms with Crippen molar-refractivity contribution >= 4 is 11.6 Å². The monoisotopic (exact) mass is 232 g/mol. The first-order valence-electron chi connectivity index (χ1n) is 6.23. The zero-order valence-electron chi connectivity index (χ0n) is 10.3. The lowest BCUT2D eigenvalue weighted by Gasteiger charge is -2.22. The lowest BCUT2D eigenvalue weighted by atomic mass is 9.94. The van der Waals surface area contributed by atoms with Crippen LogP contribution in [0.1, 0.15) is 37.7 Å². The van der Waals surface area contributed by atoms with Gasteiger partial charge in [0.25, 0.3) is 0 Å². The average Bonchev–Trinajstić information content (AvgIpc) is 2.64. The minimum atomic E-state index is -0.270. The Kier molecular flexibility index (Phi) is 3.48. The van der Waals surface area contributed by atoms with E-state index >= 15 is 0 Å². The Morgan fingerprint density at radius 2 is 2.12 bits per heavy atom. The number of benzene rings is 1. The standard InChI is InChI=1S/C14H20N2O/c1-11-5-4-6-12(9-11)16-13(17)10-14(15)7-2-3-8-14/h4-6,9H,2-3,7-8,10,15H2,1H3,(H,16,17). The maximum atomic E-state index is 11.9. The molecular weight excluding hydrogens is 212 g/mol.